The van der Waals surface area contributed by atoms with Crippen LogP contribution in [0.2, 0.25) is 0 Å². The average molecular weight is 277 g/mol. The molecule has 110 valence electrons. The maximum Gasteiger partial charge on any atom is 0.258 e. The molecule has 0 spiro atoms. The quantitative estimate of drug-likeness (QED) is 0.800. The molecule has 1 amide bonds. The molecule has 0 aromatic heterocycles. The molecule has 20 heavy (non-hydrogen) atoms. The van der Waals surface area contributed by atoms with E-state index in [1.165, 1.54) is 5.56 Å². The normalized spacial score (nSPS) is 17.4. The highest BCUT2D eigenvalue weighted by Gasteiger charge is 2.42. The van der Waals surface area contributed by atoms with Gasteiger partial charge in [0.05, 0.1) is 12.1 Å². The molecule has 2 rings (SSSR count). The van der Waals surface area contributed by atoms with Crippen molar-refractivity contribution in [1.82, 2.24) is 5.32 Å². The summed E-state index contributed by atoms with van der Waals surface area (Å²) in [6.07, 6.45) is 3.12. The molecule has 1 aliphatic carbocycles. The minimum atomic E-state index is -0.507. The lowest BCUT2D eigenvalue weighted by Gasteiger charge is -2.28. The minimum absolute atomic E-state index is 0.0201. The van der Waals surface area contributed by atoms with E-state index >= 15 is 0 Å². The smallest absolute Gasteiger partial charge is 0.258 e. The predicted octanol–water partition coefficient (Wildman–Crippen LogP) is 1.91. The fourth-order valence-corrected chi connectivity index (χ4v) is 2.32. The van der Waals surface area contributed by atoms with Crippen molar-refractivity contribution in [3.8, 4) is 5.75 Å². The predicted molar refractivity (Wildman–Crippen MR) is 77.7 cm³/mol. The van der Waals surface area contributed by atoms with Crippen molar-refractivity contribution in [3.05, 3.63) is 29.8 Å². The van der Waals surface area contributed by atoms with Gasteiger partial charge in [-0.3, -0.25) is 4.79 Å². The maximum atomic E-state index is 11.9. The number of nitrogens with one attached hydrogen (secondary N) is 1. The molecule has 0 bridgehead atoms. The average Bonchev–Trinajstić information content (AvgIpc) is 3.30. The Morgan fingerprint density at radius 1 is 1.40 bits per heavy atom. The SMILES string of the molecule is CCc1ccc(OCC(=O)NC(C)(CO)C2CC2)cc1. The largest absolute Gasteiger partial charge is 0.484 e. The van der Waals surface area contributed by atoms with Crippen LogP contribution in [0.5, 0.6) is 5.75 Å². The van der Waals surface area contributed by atoms with E-state index in [4.69, 9.17) is 4.74 Å². The van der Waals surface area contributed by atoms with Crippen LogP contribution in [0.3, 0.4) is 0 Å². The molecule has 1 aromatic carbocycles. The van der Waals surface area contributed by atoms with Crippen LogP contribution in [0.15, 0.2) is 24.3 Å². The molecule has 0 aliphatic heterocycles. The molecule has 1 aliphatic rings. The summed E-state index contributed by atoms with van der Waals surface area (Å²) in [5.74, 6) is 0.891. The Morgan fingerprint density at radius 2 is 2.05 bits per heavy atom. The first-order valence-corrected chi connectivity index (χ1v) is 7.21. The molecule has 0 heterocycles. The van der Waals surface area contributed by atoms with Crippen LogP contribution in [0.4, 0.5) is 0 Å². The first kappa shape index (κ1) is 14.9. The molecule has 1 aromatic rings. The van der Waals surface area contributed by atoms with Gasteiger partial charge in [-0.1, -0.05) is 19.1 Å². The summed E-state index contributed by atoms with van der Waals surface area (Å²) in [7, 11) is 0. The van der Waals surface area contributed by atoms with E-state index in [9.17, 15) is 9.90 Å². The number of aliphatic hydroxyl groups is 1. The van der Waals surface area contributed by atoms with Crippen molar-refractivity contribution in [3.63, 3.8) is 0 Å². The van der Waals surface area contributed by atoms with Crippen LogP contribution in [-0.4, -0.2) is 29.8 Å². The molecular weight excluding hydrogens is 254 g/mol. The second-order valence-corrected chi connectivity index (χ2v) is 5.68. The van der Waals surface area contributed by atoms with Gasteiger partial charge in [-0.05, 0) is 49.8 Å². The number of rotatable bonds is 7. The zero-order valence-corrected chi connectivity index (χ0v) is 12.2. The Morgan fingerprint density at radius 3 is 2.55 bits per heavy atom. The van der Waals surface area contributed by atoms with Gasteiger partial charge in [0.25, 0.3) is 5.91 Å². The van der Waals surface area contributed by atoms with E-state index in [1.807, 2.05) is 31.2 Å². The lowest BCUT2D eigenvalue weighted by molar-refractivity contribution is -0.125. The number of benzene rings is 1. The van der Waals surface area contributed by atoms with Gasteiger partial charge >= 0.3 is 0 Å². The van der Waals surface area contributed by atoms with E-state index in [0.717, 1.165) is 19.3 Å². The number of hydrogen-bond acceptors (Lipinski definition) is 3. The molecule has 1 unspecified atom stereocenters. The first-order chi connectivity index (χ1) is 9.57. The number of amides is 1. The number of hydrogen-bond donors (Lipinski definition) is 2. The van der Waals surface area contributed by atoms with E-state index < -0.39 is 5.54 Å². The zero-order chi connectivity index (χ0) is 14.6. The second-order valence-electron chi connectivity index (χ2n) is 5.68. The van der Waals surface area contributed by atoms with E-state index in [-0.39, 0.29) is 19.1 Å². The summed E-state index contributed by atoms with van der Waals surface area (Å²) in [6, 6.07) is 7.74. The number of carbonyl (C=O) groups is 1. The van der Waals surface area contributed by atoms with Crippen LogP contribution in [0.25, 0.3) is 0 Å². The minimum Gasteiger partial charge on any atom is -0.484 e. The fourth-order valence-electron chi connectivity index (χ4n) is 2.32. The maximum absolute atomic E-state index is 11.9. The summed E-state index contributed by atoms with van der Waals surface area (Å²) in [5.41, 5.74) is 0.732. The molecule has 4 nitrogen and oxygen atoms in total. The van der Waals surface area contributed by atoms with Crippen molar-refractivity contribution in [1.29, 1.82) is 0 Å². The number of carbonyl (C=O) groups excluding carboxylic acids is 1. The molecule has 0 saturated heterocycles. The monoisotopic (exact) mass is 277 g/mol. The molecule has 1 fully saturated rings. The zero-order valence-electron chi connectivity index (χ0n) is 12.2. The van der Waals surface area contributed by atoms with E-state index in [2.05, 4.69) is 12.2 Å². The van der Waals surface area contributed by atoms with Crippen LogP contribution in [0, 0.1) is 5.92 Å². The summed E-state index contributed by atoms with van der Waals surface area (Å²) in [4.78, 5) is 11.9. The third-order valence-corrected chi connectivity index (χ3v) is 3.93. The Balaban J connectivity index is 1.82. The number of aliphatic hydroxyl groups excluding tert-OH is 1. The highest BCUT2D eigenvalue weighted by Crippen LogP contribution is 2.39. The van der Waals surface area contributed by atoms with Gasteiger partial charge in [0.1, 0.15) is 5.75 Å². The van der Waals surface area contributed by atoms with E-state index in [1.54, 1.807) is 0 Å². The molecule has 0 radical (unpaired) electrons. The summed E-state index contributed by atoms with van der Waals surface area (Å²) in [5, 5.41) is 12.3. The van der Waals surface area contributed by atoms with Gasteiger partial charge in [0.15, 0.2) is 6.61 Å². The van der Waals surface area contributed by atoms with Gasteiger partial charge in [0, 0.05) is 0 Å². The van der Waals surface area contributed by atoms with Crippen LogP contribution in [-0.2, 0) is 11.2 Å². The number of ether oxygens (including phenoxy) is 1. The third kappa shape index (κ3) is 3.73. The van der Waals surface area contributed by atoms with E-state index in [0.29, 0.717) is 11.7 Å². The van der Waals surface area contributed by atoms with Crippen molar-refractivity contribution in [2.24, 2.45) is 5.92 Å². The molecule has 1 saturated carbocycles. The Bertz CT molecular complexity index is 453. The highest BCUT2D eigenvalue weighted by atomic mass is 16.5. The second kappa shape index (κ2) is 6.27. The van der Waals surface area contributed by atoms with Gasteiger partial charge in [0.2, 0.25) is 0 Å². The van der Waals surface area contributed by atoms with Crippen molar-refractivity contribution >= 4 is 5.91 Å². The molecule has 2 N–H and O–H groups in total. The van der Waals surface area contributed by atoms with Gasteiger partial charge in [-0.25, -0.2) is 0 Å². The topological polar surface area (TPSA) is 58.6 Å². The van der Waals surface area contributed by atoms with Crippen molar-refractivity contribution in [2.45, 2.75) is 38.6 Å². The summed E-state index contributed by atoms with van der Waals surface area (Å²) < 4.78 is 5.46. The first-order valence-electron chi connectivity index (χ1n) is 7.21. The lowest BCUT2D eigenvalue weighted by atomic mass is 9.97. The highest BCUT2D eigenvalue weighted by molar-refractivity contribution is 5.78. The Hall–Kier alpha value is -1.55. The number of aryl methyl sites for hydroxylation is 1. The van der Waals surface area contributed by atoms with Crippen LogP contribution >= 0.6 is 0 Å². The van der Waals surface area contributed by atoms with Gasteiger partial charge in [-0.2, -0.15) is 0 Å². The van der Waals surface area contributed by atoms with Crippen LogP contribution < -0.4 is 10.1 Å². The third-order valence-electron chi connectivity index (χ3n) is 3.93. The summed E-state index contributed by atoms with van der Waals surface area (Å²) in [6.45, 7) is 3.93. The Kier molecular flexibility index (Phi) is 4.65. The Labute approximate surface area is 120 Å². The van der Waals surface area contributed by atoms with Crippen molar-refractivity contribution < 1.29 is 14.6 Å². The lowest BCUT2D eigenvalue weighted by Crippen LogP contribution is -2.52. The van der Waals surface area contributed by atoms with Gasteiger partial charge in [-0.15, -0.1) is 0 Å². The van der Waals surface area contributed by atoms with Crippen LogP contribution in [0.1, 0.15) is 32.3 Å². The molecule has 4 heteroatoms. The fraction of sp³-hybridized carbons (Fsp3) is 0.562. The van der Waals surface area contributed by atoms with Gasteiger partial charge < -0.3 is 15.2 Å². The van der Waals surface area contributed by atoms with Crippen molar-refractivity contribution in [2.75, 3.05) is 13.2 Å². The molecule has 1 atom stereocenters. The standard InChI is InChI=1S/C16H23NO3/c1-3-12-4-8-14(9-5-12)20-10-15(19)17-16(2,11-18)13-6-7-13/h4-5,8-9,13,18H,3,6-7,10-11H2,1-2H3,(H,17,19). The summed E-state index contributed by atoms with van der Waals surface area (Å²) >= 11 is 0. The molecular formula is C16H23NO3.